The van der Waals surface area contributed by atoms with Gasteiger partial charge in [0.05, 0.1) is 15.6 Å². The number of sulfonamides is 1. The van der Waals surface area contributed by atoms with Gasteiger partial charge in [-0.2, -0.15) is 0 Å². The van der Waals surface area contributed by atoms with Crippen molar-refractivity contribution in [2.45, 2.75) is 9.79 Å². The maximum atomic E-state index is 13.3. The number of nitrogens with one attached hydrogen (secondary N) is 1. The van der Waals surface area contributed by atoms with E-state index < -0.39 is 22.5 Å². The minimum absolute atomic E-state index is 0.0400. The molecule has 0 bridgehead atoms. The molecule has 3 aromatic carbocycles. The molecule has 3 rings (SSSR count). The average molecular weight is 481 g/mol. The second-order valence-electron chi connectivity index (χ2n) is 6.20. The lowest BCUT2D eigenvalue weighted by Crippen LogP contribution is -2.38. The summed E-state index contributed by atoms with van der Waals surface area (Å²) in [4.78, 5) is 13.8. The van der Waals surface area contributed by atoms with E-state index in [0.29, 0.717) is 10.7 Å². The third-order valence-electron chi connectivity index (χ3n) is 4.15. The van der Waals surface area contributed by atoms with E-state index in [0.717, 1.165) is 9.20 Å². The summed E-state index contributed by atoms with van der Waals surface area (Å²) >= 11 is 13.9. The summed E-state index contributed by atoms with van der Waals surface area (Å²) in [7, 11) is -4.07. The Labute approximate surface area is 190 Å². The lowest BCUT2D eigenvalue weighted by molar-refractivity contribution is -0.114. The number of carbonyl (C=O) groups is 1. The Hall–Kier alpha value is -2.19. The first kappa shape index (κ1) is 22.5. The first-order valence-electron chi connectivity index (χ1n) is 8.78. The Balaban J connectivity index is 1.97. The Bertz CT molecular complexity index is 1160. The van der Waals surface area contributed by atoms with Crippen molar-refractivity contribution in [3.05, 3.63) is 82.8 Å². The number of thioether (sulfide) groups is 1. The van der Waals surface area contributed by atoms with Crippen LogP contribution in [0, 0.1) is 0 Å². The Kier molecular flexibility index (Phi) is 7.31. The molecule has 0 saturated carbocycles. The molecule has 1 N–H and O–H groups in total. The van der Waals surface area contributed by atoms with Gasteiger partial charge in [-0.15, -0.1) is 11.8 Å². The molecular formula is C21H18Cl2N2O3S2. The number of amides is 1. The first-order chi connectivity index (χ1) is 14.3. The Morgan fingerprint density at radius 2 is 1.73 bits per heavy atom. The van der Waals surface area contributed by atoms with Crippen molar-refractivity contribution in [2.24, 2.45) is 0 Å². The lowest BCUT2D eigenvalue weighted by Gasteiger charge is -2.25. The number of benzene rings is 3. The van der Waals surface area contributed by atoms with Crippen LogP contribution in [-0.2, 0) is 14.8 Å². The molecule has 3 aromatic rings. The average Bonchev–Trinajstić information content (AvgIpc) is 2.74. The number of carbonyl (C=O) groups excluding carboxylic acids is 1. The summed E-state index contributed by atoms with van der Waals surface area (Å²) in [6.45, 7) is -0.471. The molecule has 0 unspecified atom stereocenters. The van der Waals surface area contributed by atoms with Gasteiger partial charge in [0.1, 0.15) is 6.54 Å². The van der Waals surface area contributed by atoms with Crippen LogP contribution in [0.4, 0.5) is 11.4 Å². The second-order valence-corrected chi connectivity index (χ2v) is 9.79. The fraction of sp³-hybridized carbons (Fsp3) is 0.0952. The summed E-state index contributed by atoms with van der Waals surface area (Å²) in [5, 5.41) is 3.20. The molecule has 156 valence electrons. The van der Waals surface area contributed by atoms with Crippen molar-refractivity contribution in [1.29, 1.82) is 0 Å². The predicted molar refractivity (Wildman–Crippen MR) is 124 cm³/mol. The maximum Gasteiger partial charge on any atom is 0.264 e. The number of rotatable bonds is 7. The number of hydrogen-bond donors (Lipinski definition) is 1. The third-order valence-corrected chi connectivity index (χ3v) is 7.20. The van der Waals surface area contributed by atoms with Gasteiger partial charge in [0.25, 0.3) is 10.0 Å². The van der Waals surface area contributed by atoms with Gasteiger partial charge in [-0.1, -0.05) is 47.5 Å². The zero-order valence-electron chi connectivity index (χ0n) is 15.9. The summed E-state index contributed by atoms with van der Waals surface area (Å²) in [5.41, 5.74) is 0.696. The van der Waals surface area contributed by atoms with E-state index in [9.17, 15) is 13.2 Å². The van der Waals surface area contributed by atoms with Crippen molar-refractivity contribution in [3.8, 4) is 0 Å². The monoisotopic (exact) mass is 480 g/mol. The van der Waals surface area contributed by atoms with Crippen molar-refractivity contribution < 1.29 is 13.2 Å². The van der Waals surface area contributed by atoms with Gasteiger partial charge in [-0.25, -0.2) is 8.42 Å². The highest BCUT2D eigenvalue weighted by molar-refractivity contribution is 7.98. The molecule has 0 fully saturated rings. The largest absolute Gasteiger partial charge is 0.324 e. The lowest BCUT2D eigenvalue weighted by atomic mass is 10.3. The van der Waals surface area contributed by atoms with Crippen molar-refractivity contribution in [1.82, 2.24) is 0 Å². The van der Waals surface area contributed by atoms with E-state index in [1.807, 2.05) is 24.5 Å². The molecule has 30 heavy (non-hydrogen) atoms. The normalized spacial score (nSPS) is 11.2. The van der Waals surface area contributed by atoms with Crippen LogP contribution in [0.5, 0.6) is 0 Å². The molecule has 1 amide bonds. The van der Waals surface area contributed by atoms with E-state index in [4.69, 9.17) is 23.2 Å². The van der Waals surface area contributed by atoms with Crippen LogP contribution in [0.1, 0.15) is 0 Å². The zero-order chi connectivity index (χ0) is 21.7. The van der Waals surface area contributed by atoms with E-state index in [1.54, 1.807) is 30.3 Å². The minimum atomic E-state index is -4.07. The predicted octanol–water partition coefficient (Wildman–Crippen LogP) is 5.55. The highest BCUT2D eigenvalue weighted by atomic mass is 35.5. The second kappa shape index (κ2) is 9.75. The summed E-state index contributed by atoms with van der Waals surface area (Å²) in [6, 6.07) is 19.6. The minimum Gasteiger partial charge on any atom is -0.324 e. The van der Waals surface area contributed by atoms with E-state index in [1.165, 1.54) is 36.0 Å². The van der Waals surface area contributed by atoms with Crippen LogP contribution >= 0.6 is 35.0 Å². The van der Waals surface area contributed by atoms with Gasteiger partial charge in [0.15, 0.2) is 0 Å². The van der Waals surface area contributed by atoms with Gasteiger partial charge in [0, 0.05) is 15.6 Å². The fourth-order valence-corrected chi connectivity index (χ4v) is 5.08. The SMILES string of the molecule is CSc1cccc(NC(=O)CN(c2cc(Cl)ccc2Cl)S(=O)(=O)c2ccccc2)c1. The fourth-order valence-electron chi connectivity index (χ4n) is 2.73. The highest BCUT2D eigenvalue weighted by Gasteiger charge is 2.29. The van der Waals surface area contributed by atoms with Crippen molar-refractivity contribution in [3.63, 3.8) is 0 Å². The van der Waals surface area contributed by atoms with Crippen LogP contribution in [-0.4, -0.2) is 27.1 Å². The summed E-state index contributed by atoms with van der Waals surface area (Å²) in [5.74, 6) is -0.510. The van der Waals surface area contributed by atoms with Crippen LogP contribution < -0.4 is 9.62 Å². The quantitative estimate of drug-likeness (QED) is 0.450. The van der Waals surface area contributed by atoms with Crippen LogP contribution in [0.3, 0.4) is 0 Å². The molecule has 0 aliphatic carbocycles. The van der Waals surface area contributed by atoms with Gasteiger partial charge >= 0.3 is 0 Å². The topological polar surface area (TPSA) is 66.5 Å². The number of nitrogens with zero attached hydrogens (tertiary/aromatic N) is 1. The van der Waals surface area contributed by atoms with Crippen molar-refractivity contribution in [2.75, 3.05) is 22.4 Å². The number of anilines is 2. The zero-order valence-corrected chi connectivity index (χ0v) is 19.0. The van der Waals surface area contributed by atoms with Gasteiger partial charge in [-0.05, 0) is 54.8 Å². The summed E-state index contributed by atoms with van der Waals surface area (Å²) in [6.07, 6.45) is 1.93. The van der Waals surface area contributed by atoms with Gasteiger partial charge in [-0.3, -0.25) is 9.10 Å². The third kappa shape index (κ3) is 5.29. The van der Waals surface area contributed by atoms with E-state index >= 15 is 0 Å². The van der Waals surface area contributed by atoms with Crippen LogP contribution in [0.25, 0.3) is 0 Å². The molecule has 0 spiro atoms. The molecule has 0 saturated heterocycles. The van der Waals surface area contributed by atoms with Crippen LogP contribution in [0.15, 0.2) is 82.6 Å². The molecule has 9 heteroatoms. The van der Waals surface area contributed by atoms with Gasteiger partial charge in [0.2, 0.25) is 5.91 Å². The first-order valence-corrected chi connectivity index (χ1v) is 12.2. The highest BCUT2D eigenvalue weighted by Crippen LogP contribution is 2.33. The molecule has 0 aliphatic rings. The smallest absolute Gasteiger partial charge is 0.264 e. The van der Waals surface area contributed by atoms with Gasteiger partial charge < -0.3 is 5.32 Å². The number of halogens is 2. The summed E-state index contributed by atoms with van der Waals surface area (Å²) < 4.78 is 27.6. The molecule has 0 atom stereocenters. The van der Waals surface area contributed by atoms with E-state index in [-0.39, 0.29) is 15.6 Å². The van der Waals surface area contributed by atoms with Crippen molar-refractivity contribution >= 4 is 62.3 Å². The molecule has 0 heterocycles. The molecule has 0 aromatic heterocycles. The maximum absolute atomic E-state index is 13.3. The molecule has 0 radical (unpaired) electrons. The molecular weight excluding hydrogens is 463 g/mol. The van der Waals surface area contributed by atoms with Crippen LogP contribution in [0.2, 0.25) is 10.0 Å². The molecule has 5 nitrogen and oxygen atoms in total. The Morgan fingerprint density at radius 1 is 1.00 bits per heavy atom. The molecule has 0 aliphatic heterocycles. The standard InChI is InChI=1S/C21H18Cl2N2O3S2/c1-29-17-7-5-6-16(13-17)24-21(26)14-25(20-12-15(22)10-11-19(20)23)30(27,28)18-8-3-2-4-9-18/h2-13H,14H2,1H3,(H,24,26). The Morgan fingerprint density at radius 3 is 2.43 bits per heavy atom. The van der Waals surface area contributed by atoms with E-state index in [2.05, 4.69) is 5.32 Å². The number of hydrogen-bond acceptors (Lipinski definition) is 4.